The van der Waals surface area contributed by atoms with Gasteiger partial charge in [-0.15, -0.1) is 0 Å². The normalized spacial score (nSPS) is 17.4. The number of phenols is 2. The summed E-state index contributed by atoms with van der Waals surface area (Å²) in [6.07, 6.45) is 0.00877. The summed E-state index contributed by atoms with van der Waals surface area (Å²) >= 11 is 5.54. The van der Waals surface area contributed by atoms with Gasteiger partial charge in [0.2, 0.25) is 0 Å². The Balaban J connectivity index is 2.66. The Morgan fingerprint density at radius 3 is 2.80 bits per heavy atom. The van der Waals surface area contributed by atoms with Crippen molar-refractivity contribution in [1.82, 2.24) is 0 Å². The summed E-state index contributed by atoms with van der Waals surface area (Å²) in [5.41, 5.74) is 2.04. The number of carbonyl (C=O) groups excluding carboxylic acids is 1. The topological polar surface area (TPSA) is 66.8 Å². The van der Waals surface area contributed by atoms with E-state index in [0.717, 1.165) is 0 Å². The van der Waals surface area contributed by atoms with E-state index in [2.05, 4.69) is 0 Å². The molecule has 4 nitrogen and oxygen atoms in total. The summed E-state index contributed by atoms with van der Waals surface area (Å²) in [6.45, 7) is 0. The minimum atomic E-state index is -0.473. The standard InChI is InChI=1S/C10H7ClO4/c11-4-5-1-9(14)15-8-3-6(12)2-7(13)10(5)8/h2-4,12-13H,1H2/b5-4+. The monoisotopic (exact) mass is 226 g/mol. The van der Waals surface area contributed by atoms with Crippen molar-refractivity contribution in [1.29, 1.82) is 0 Å². The highest BCUT2D eigenvalue weighted by Gasteiger charge is 2.25. The molecule has 0 aliphatic carbocycles. The number of aromatic hydroxyl groups is 2. The average Bonchev–Trinajstić information content (AvgIpc) is 2.14. The van der Waals surface area contributed by atoms with Crippen LogP contribution in [0.25, 0.3) is 5.57 Å². The number of hydrogen-bond donors (Lipinski definition) is 2. The fourth-order valence-electron chi connectivity index (χ4n) is 1.49. The van der Waals surface area contributed by atoms with Crippen LogP contribution in [0, 0.1) is 0 Å². The number of benzene rings is 1. The number of ether oxygens (including phenoxy) is 1. The quantitative estimate of drug-likeness (QED) is 0.524. The van der Waals surface area contributed by atoms with Gasteiger partial charge in [0.05, 0.1) is 12.0 Å². The second-order valence-corrected chi connectivity index (χ2v) is 3.34. The molecule has 5 heteroatoms. The summed E-state index contributed by atoms with van der Waals surface area (Å²) in [5.74, 6) is -0.686. The first kappa shape index (κ1) is 9.86. The molecular formula is C10H7ClO4. The molecule has 1 aromatic carbocycles. The lowest BCUT2D eigenvalue weighted by Gasteiger charge is -2.18. The van der Waals surface area contributed by atoms with Crippen LogP contribution in [0.2, 0.25) is 0 Å². The molecule has 2 rings (SSSR count). The van der Waals surface area contributed by atoms with Crippen LogP contribution in [0.1, 0.15) is 12.0 Å². The molecule has 0 saturated carbocycles. The van der Waals surface area contributed by atoms with Gasteiger partial charge < -0.3 is 14.9 Å². The van der Waals surface area contributed by atoms with Crippen molar-refractivity contribution in [3.63, 3.8) is 0 Å². The molecule has 1 aliphatic rings. The highest BCUT2D eigenvalue weighted by molar-refractivity contribution is 6.29. The van der Waals surface area contributed by atoms with E-state index in [1.54, 1.807) is 0 Å². The van der Waals surface area contributed by atoms with Gasteiger partial charge in [-0.05, 0) is 5.57 Å². The van der Waals surface area contributed by atoms with Crippen LogP contribution in [0.3, 0.4) is 0 Å². The Bertz CT molecular complexity index is 465. The summed E-state index contributed by atoms with van der Waals surface area (Å²) in [5, 5.41) is 18.8. The molecule has 0 atom stereocenters. The third-order valence-electron chi connectivity index (χ3n) is 2.08. The number of esters is 1. The number of halogens is 1. The number of hydrogen-bond acceptors (Lipinski definition) is 4. The van der Waals surface area contributed by atoms with E-state index in [4.69, 9.17) is 16.3 Å². The smallest absolute Gasteiger partial charge is 0.315 e. The summed E-state index contributed by atoms with van der Waals surface area (Å²) < 4.78 is 4.87. The lowest BCUT2D eigenvalue weighted by atomic mass is 10.00. The summed E-state index contributed by atoms with van der Waals surface area (Å²) in [7, 11) is 0. The number of rotatable bonds is 0. The Labute approximate surface area is 90.4 Å². The molecule has 0 bridgehead atoms. The van der Waals surface area contributed by atoms with Gasteiger partial charge in [-0.3, -0.25) is 4.79 Å². The Morgan fingerprint density at radius 1 is 1.40 bits per heavy atom. The van der Waals surface area contributed by atoms with Gasteiger partial charge in [0.15, 0.2) is 0 Å². The fraction of sp³-hybridized carbons (Fsp3) is 0.100. The highest BCUT2D eigenvalue weighted by Crippen LogP contribution is 2.42. The molecule has 0 fully saturated rings. The van der Waals surface area contributed by atoms with Crippen molar-refractivity contribution >= 4 is 23.1 Å². The Kier molecular flexibility index (Phi) is 2.28. The lowest BCUT2D eigenvalue weighted by molar-refractivity contribution is -0.133. The molecule has 1 aliphatic heterocycles. The minimum Gasteiger partial charge on any atom is -0.508 e. The maximum Gasteiger partial charge on any atom is 0.315 e. The SMILES string of the molecule is O=C1C/C(=C\Cl)c2c(O)cc(O)cc2O1. The maximum absolute atomic E-state index is 11.1. The molecule has 0 amide bonds. The second kappa shape index (κ2) is 3.47. The van der Waals surface area contributed by atoms with E-state index in [1.807, 2.05) is 0 Å². The van der Waals surface area contributed by atoms with Gasteiger partial charge in [0, 0.05) is 17.7 Å². The first-order valence-corrected chi connectivity index (χ1v) is 4.61. The van der Waals surface area contributed by atoms with Gasteiger partial charge in [-0.25, -0.2) is 0 Å². The van der Waals surface area contributed by atoms with Crippen LogP contribution < -0.4 is 4.74 Å². The Hall–Kier alpha value is -1.68. The van der Waals surface area contributed by atoms with E-state index in [1.165, 1.54) is 17.7 Å². The van der Waals surface area contributed by atoms with E-state index in [-0.39, 0.29) is 23.7 Å². The first-order valence-electron chi connectivity index (χ1n) is 4.18. The van der Waals surface area contributed by atoms with Gasteiger partial charge >= 0.3 is 5.97 Å². The molecular weight excluding hydrogens is 220 g/mol. The molecule has 2 N–H and O–H groups in total. The van der Waals surface area contributed by atoms with Crippen molar-refractivity contribution < 1.29 is 19.7 Å². The second-order valence-electron chi connectivity index (χ2n) is 3.12. The first-order chi connectivity index (χ1) is 7.11. The zero-order valence-electron chi connectivity index (χ0n) is 7.53. The van der Waals surface area contributed by atoms with Crippen molar-refractivity contribution in [2.75, 3.05) is 0 Å². The van der Waals surface area contributed by atoms with Gasteiger partial charge in [0.1, 0.15) is 17.2 Å². The Morgan fingerprint density at radius 2 is 2.13 bits per heavy atom. The van der Waals surface area contributed by atoms with Crippen molar-refractivity contribution in [2.45, 2.75) is 6.42 Å². The van der Waals surface area contributed by atoms with E-state index in [0.29, 0.717) is 11.1 Å². The molecule has 15 heavy (non-hydrogen) atoms. The van der Waals surface area contributed by atoms with E-state index < -0.39 is 5.97 Å². The van der Waals surface area contributed by atoms with Crippen molar-refractivity contribution in [3.05, 3.63) is 23.2 Å². The highest BCUT2D eigenvalue weighted by atomic mass is 35.5. The fourth-order valence-corrected chi connectivity index (χ4v) is 1.67. The van der Waals surface area contributed by atoms with Crippen LogP contribution in [0.5, 0.6) is 17.2 Å². The largest absolute Gasteiger partial charge is 0.508 e. The van der Waals surface area contributed by atoms with Gasteiger partial charge in [-0.2, -0.15) is 0 Å². The number of carbonyl (C=O) groups is 1. The molecule has 78 valence electrons. The third-order valence-corrected chi connectivity index (χ3v) is 2.34. The minimum absolute atomic E-state index is 0.00877. The predicted octanol–water partition coefficient (Wildman–Crippen LogP) is 1.99. The predicted molar refractivity (Wildman–Crippen MR) is 53.9 cm³/mol. The van der Waals surface area contributed by atoms with Crippen LogP contribution in [-0.2, 0) is 4.79 Å². The summed E-state index contributed by atoms with van der Waals surface area (Å²) in [4.78, 5) is 11.1. The van der Waals surface area contributed by atoms with Gasteiger partial charge in [-0.1, -0.05) is 11.6 Å². The summed E-state index contributed by atoms with van der Waals surface area (Å²) in [6, 6.07) is 2.42. The van der Waals surface area contributed by atoms with E-state index >= 15 is 0 Å². The molecule has 1 aromatic rings. The molecule has 0 saturated heterocycles. The lowest BCUT2D eigenvalue weighted by Crippen LogP contribution is -2.15. The zero-order chi connectivity index (χ0) is 11.0. The van der Waals surface area contributed by atoms with Crippen molar-refractivity contribution in [3.8, 4) is 17.2 Å². The van der Waals surface area contributed by atoms with Crippen LogP contribution >= 0.6 is 11.6 Å². The zero-order valence-corrected chi connectivity index (χ0v) is 8.28. The number of fused-ring (bicyclic) bond motifs is 1. The molecule has 1 heterocycles. The average molecular weight is 227 g/mol. The van der Waals surface area contributed by atoms with E-state index in [9.17, 15) is 15.0 Å². The number of phenolic OH excluding ortho intramolecular Hbond substituents is 2. The third kappa shape index (κ3) is 1.64. The van der Waals surface area contributed by atoms with Crippen LogP contribution in [0.15, 0.2) is 17.7 Å². The van der Waals surface area contributed by atoms with Crippen molar-refractivity contribution in [2.24, 2.45) is 0 Å². The molecule has 0 spiro atoms. The van der Waals surface area contributed by atoms with Crippen LogP contribution in [0.4, 0.5) is 0 Å². The molecule has 0 aromatic heterocycles. The van der Waals surface area contributed by atoms with Crippen LogP contribution in [-0.4, -0.2) is 16.2 Å². The molecule has 0 radical (unpaired) electrons. The molecule has 0 unspecified atom stereocenters. The van der Waals surface area contributed by atoms with Gasteiger partial charge in [0.25, 0.3) is 0 Å². The maximum atomic E-state index is 11.1.